The van der Waals surface area contributed by atoms with Crippen molar-refractivity contribution in [2.75, 3.05) is 26.3 Å². The fraction of sp³-hybridized carbons (Fsp3) is 0.417. The summed E-state index contributed by atoms with van der Waals surface area (Å²) in [7, 11) is 0. The van der Waals surface area contributed by atoms with Crippen LogP contribution in [0.15, 0.2) is 18.2 Å². The van der Waals surface area contributed by atoms with Gasteiger partial charge in [-0.2, -0.15) is 0 Å². The molecule has 0 aliphatic carbocycles. The number of hydrogen-bond acceptors (Lipinski definition) is 6. The van der Waals surface area contributed by atoms with Gasteiger partial charge in [0.1, 0.15) is 5.56 Å². The molecular weight excluding hydrogens is 268 g/mol. The van der Waals surface area contributed by atoms with E-state index in [4.69, 9.17) is 15.3 Å². The summed E-state index contributed by atoms with van der Waals surface area (Å²) in [6.45, 7) is 0.268. The highest BCUT2D eigenvalue weighted by Gasteiger charge is 2.24. The Morgan fingerprint density at radius 3 is 2.30 bits per heavy atom. The number of nitro groups is 1. The van der Waals surface area contributed by atoms with Crippen LogP contribution in [0.3, 0.4) is 0 Å². The third-order valence-corrected chi connectivity index (χ3v) is 2.77. The summed E-state index contributed by atoms with van der Waals surface area (Å²) in [4.78, 5) is 23.0. The Hall–Kier alpha value is -2.03. The number of rotatable bonds is 8. The van der Waals surface area contributed by atoms with Crippen LogP contribution in [-0.4, -0.2) is 57.4 Å². The number of hydrogen-bond donors (Lipinski definition) is 3. The Morgan fingerprint density at radius 2 is 1.85 bits per heavy atom. The molecular formula is C12H16N2O6. The molecule has 0 saturated heterocycles. The average Bonchev–Trinajstić information content (AvgIpc) is 2.38. The SMILES string of the molecule is O=C(O)c1c(CN(CCO)CCO)cccc1[N+](=O)[O-]. The Morgan fingerprint density at radius 1 is 1.25 bits per heavy atom. The van der Waals surface area contributed by atoms with Gasteiger partial charge in [-0.15, -0.1) is 0 Å². The number of nitro benzene ring substituents is 1. The van der Waals surface area contributed by atoms with E-state index in [1.165, 1.54) is 12.1 Å². The minimum atomic E-state index is -1.37. The maximum Gasteiger partial charge on any atom is 0.343 e. The molecule has 0 atom stereocenters. The maximum absolute atomic E-state index is 11.2. The molecule has 0 bridgehead atoms. The van der Waals surface area contributed by atoms with Crippen LogP contribution in [0.25, 0.3) is 0 Å². The lowest BCUT2D eigenvalue weighted by molar-refractivity contribution is -0.385. The summed E-state index contributed by atoms with van der Waals surface area (Å²) in [5.74, 6) is -1.37. The lowest BCUT2D eigenvalue weighted by Gasteiger charge is -2.20. The van der Waals surface area contributed by atoms with Gasteiger partial charge in [0.25, 0.3) is 5.69 Å². The van der Waals surface area contributed by atoms with Crippen LogP contribution in [0.4, 0.5) is 5.69 Å². The van der Waals surface area contributed by atoms with Gasteiger partial charge in [-0.25, -0.2) is 4.79 Å². The third kappa shape index (κ3) is 3.98. The number of aromatic carboxylic acids is 1. The second-order valence-corrected chi connectivity index (χ2v) is 4.10. The van der Waals surface area contributed by atoms with E-state index >= 15 is 0 Å². The van der Waals surface area contributed by atoms with Crippen LogP contribution in [-0.2, 0) is 6.54 Å². The molecule has 0 unspecified atom stereocenters. The minimum absolute atomic E-state index is 0.102. The molecule has 0 aliphatic heterocycles. The quantitative estimate of drug-likeness (QED) is 0.456. The molecule has 0 heterocycles. The molecule has 0 amide bonds. The number of carboxylic acid groups (broad SMARTS) is 1. The Labute approximate surface area is 115 Å². The van der Waals surface area contributed by atoms with E-state index in [9.17, 15) is 14.9 Å². The highest BCUT2D eigenvalue weighted by molar-refractivity contribution is 5.94. The molecule has 0 radical (unpaired) electrons. The third-order valence-electron chi connectivity index (χ3n) is 2.77. The molecule has 0 aliphatic rings. The summed E-state index contributed by atoms with van der Waals surface area (Å²) < 4.78 is 0. The predicted octanol–water partition coefficient (Wildman–Crippen LogP) is 0.0796. The molecule has 0 spiro atoms. The first-order chi connectivity index (χ1) is 9.51. The lowest BCUT2D eigenvalue weighted by Crippen LogP contribution is -2.30. The van der Waals surface area contributed by atoms with E-state index in [1.54, 1.807) is 4.90 Å². The molecule has 1 rings (SSSR count). The van der Waals surface area contributed by atoms with Crippen LogP contribution in [0, 0.1) is 10.1 Å². The number of aliphatic hydroxyl groups is 2. The van der Waals surface area contributed by atoms with Crippen LogP contribution < -0.4 is 0 Å². The first-order valence-electron chi connectivity index (χ1n) is 5.95. The number of nitrogens with zero attached hydrogens (tertiary/aromatic N) is 2. The fourth-order valence-electron chi connectivity index (χ4n) is 1.91. The van der Waals surface area contributed by atoms with E-state index in [0.717, 1.165) is 6.07 Å². The molecule has 1 aromatic rings. The van der Waals surface area contributed by atoms with Crippen LogP contribution in [0.2, 0.25) is 0 Å². The second-order valence-electron chi connectivity index (χ2n) is 4.10. The minimum Gasteiger partial charge on any atom is -0.477 e. The van der Waals surface area contributed by atoms with Gasteiger partial charge in [0.2, 0.25) is 0 Å². The number of carboxylic acids is 1. The van der Waals surface area contributed by atoms with Crippen molar-refractivity contribution in [2.45, 2.75) is 6.54 Å². The number of carbonyl (C=O) groups is 1. The highest BCUT2D eigenvalue weighted by Crippen LogP contribution is 2.23. The van der Waals surface area contributed by atoms with E-state index in [0.29, 0.717) is 0 Å². The molecule has 0 saturated carbocycles. The molecule has 20 heavy (non-hydrogen) atoms. The summed E-state index contributed by atoms with van der Waals surface area (Å²) >= 11 is 0. The van der Waals surface area contributed by atoms with E-state index < -0.39 is 16.6 Å². The highest BCUT2D eigenvalue weighted by atomic mass is 16.6. The molecule has 1 aromatic carbocycles. The van der Waals surface area contributed by atoms with Gasteiger partial charge in [-0.3, -0.25) is 15.0 Å². The molecule has 0 aromatic heterocycles. The van der Waals surface area contributed by atoms with E-state index in [1.807, 2.05) is 0 Å². The first-order valence-corrected chi connectivity index (χ1v) is 5.95. The molecule has 8 nitrogen and oxygen atoms in total. The molecule has 0 fully saturated rings. The largest absolute Gasteiger partial charge is 0.477 e. The van der Waals surface area contributed by atoms with Crippen molar-refractivity contribution >= 4 is 11.7 Å². The monoisotopic (exact) mass is 284 g/mol. The standard InChI is InChI=1S/C12H16N2O6/c15-6-4-13(5-7-16)8-9-2-1-3-10(14(19)20)11(9)12(17)18/h1-3,15-16H,4-8H2,(H,17,18). The molecule has 8 heteroatoms. The van der Waals surface area contributed by atoms with Gasteiger partial charge in [-0.1, -0.05) is 12.1 Å². The van der Waals surface area contributed by atoms with Gasteiger partial charge in [0.15, 0.2) is 0 Å². The zero-order valence-corrected chi connectivity index (χ0v) is 10.7. The topological polar surface area (TPSA) is 124 Å². The van der Waals surface area contributed by atoms with Crippen LogP contribution in [0.5, 0.6) is 0 Å². The fourth-order valence-corrected chi connectivity index (χ4v) is 1.91. The van der Waals surface area contributed by atoms with Crippen molar-refractivity contribution in [2.24, 2.45) is 0 Å². The van der Waals surface area contributed by atoms with Crippen molar-refractivity contribution in [3.8, 4) is 0 Å². The van der Waals surface area contributed by atoms with Gasteiger partial charge in [0, 0.05) is 25.7 Å². The number of benzene rings is 1. The molecule has 110 valence electrons. The average molecular weight is 284 g/mol. The van der Waals surface area contributed by atoms with Gasteiger partial charge in [-0.05, 0) is 5.56 Å². The first kappa shape index (κ1) is 16.0. The van der Waals surface area contributed by atoms with Gasteiger partial charge >= 0.3 is 5.97 Å². The van der Waals surface area contributed by atoms with Crippen LogP contribution in [0.1, 0.15) is 15.9 Å². The summed E-state index contributed by atoms with van der Waals surface area (Å²) in [6, 6.07) is 4.03. The Bertz CT molecular complexity index is 485. The smallest absolute Gasteiger partial charge is 0.343 e. The summed E-state index contributed by atoms with van der Waals surface area (Å²) in [5.41, 5.74) is -0.560. The molecule has 3 N–H and O–H groups in total. The van der Waals surface area contributed by atoms with Gasteiger partial charge < -0.3 is 15.3 Å². The van der Waals surface area contributed by atoms with Crippen molar-refractivity contribution in [3.63, 3.8) is 0 Å². The van der Waals surface area contributed by atoms with Crippen LogP contribution >= 0.6 is 0 Å². The zero-order valence-electron chi connectivity index (χ0n) is 10.7. The van der Waals surface area contributed by atoms with Crippen molar-refractivity contribution in [1.29, 1.82) is 0 Å². The second kappa shape index (κ2) is 7.53. The zero-order chi connectivity index (χ0) is 15.1. The lowest BCUT2D eigenvalue weighted by atomic mass is 10.0. The van der Waals surface area contributed by atoms with E-state index in [-0.39, 0.29) is 44.0 Å². The Balaban J connectivity index is 3.13. The summed E-state index contributed by atoms with van der Waals surface area (Å²) in [6.07, 6.45) is 0. The van der Waals surface area contributed by atoms with Crippen molar-refractivity contribution < 1.29 is 25.0 Å². The van der Waals surface area contributed by atoms with Crippen molar-refractivity contribution in [3.05, 3.63) is 39.4 Å². The van der Waals surface area contributed by atoms with Gasteiger partial charge in [0.05, 0.1) is 18.1 Å². The predicted molar refractivity (Wildman–Crippen MR) is 69.5 cm³/mol. The number of aliphatic hydroxyl groups excluding tert-OH is 2. The van der Waals surface area contributed by atoms with E-state index in [2.05, 4.69) is 0 Å². The maximum atomic E-state index is 11.2. The summed E-state index contributed by atoms with van der Waals surface area (Å²) in [5, 5.41) is 37.8. The Kier molecular flexibility index (Phi) is 6.04. The van der Waals surface area contributed by atoms with Crippen molar-refractivity contribution in [1.82, 2.24) is 4.90 Å². The normalized spacial score (nSPS) is 10.8.